The Kier molecular flexibility index (Phi) is 13.7. The van der Waals surface area contributed by atoms with Gasteiger partial charge in [-0.2, -0.15) is 0 Å². The van der Waals surface area contributed by atoms with Gasteiger partial charge < -0.3 is 19.9 Å². The predicted octanol–water partition coefficient (Wildman–Crippen LogP) is 3.03. The van der Waals surface area contributed by atoms with Crippen LogP contribution >= 0.6 is 0 Å². The van der Waals surface area contributed by atoms with Crippen molar-refractivity contribution in [3.63, 3.8) is 0 Å². The Labute approximate surface area is 145 Å². The molecule has 0 aliphatic carbocycles. The largest absolute Gasteiger partial charge is 0.314 e. The molecule has 2 aliphatic rings. The average molecular weight is 328 g/mol. The van der Waals surface area contributed by atoms with Crippen LogP contribution in [0.25, 0.3) is 0 Å². The molecule has 0 spiro atoms. The number of aldehydes is 1. The first-order valence-corrected chi connectivity index (χ1v) is 9.65. The summed E-state index contributed by atoms with van der Waals surface area (Å²) in [4.78, 5) is 14.8. The van der Waals surface area contributed by atoms with E-state index in [-0.39, 0.29) is 0 Å². The van der Waals surface area contributed by atoms with Crippen molar-refractivity contribution in [2.45, 2.75) is 59.8 Å². The summed E-state index contributed by atoms with van der Waals surface area (Å²) in [5, 5.41) is 3.29. The molecule has 0 saturated carbocycles. The second-order valence-electron chi connectivity index (χ2n) is 6.87. The molecule has 138 valence electrons. The molecule has 0 aromatic rings. The molecule has 0 radical (unpaired) electrons. The lowest BCUT2D eigenvalue weighted by Crippen LogP contribution is -2.43. The minimum atomic E-state index is 0.659. The smallest absolute Gasteiger partial charge is 0.120 e. The summed E-state index contributed by atoms with van der Waals surface area (Å²) in [6.45, 7) is 16.9. The van der Waals surface area contributed by atoms with E-state index in [4.69, 9.17) is 0 Å². The van der Waals surface area contributed by atoms with Crippen LogP contribution in [0, 0.1) is 5.41 Å². The van der Waals surface area contributed by atoms with Gasteiger partial charge in [-0.1, -0.05) is 34.1 Å². The number of hydrogen-bond acceptors (Lipinski definition) is 4. The van der Waals surface area contributed by atoms with E-state index in [1.54, 1.807) is 0 Å². The van der Waals surface area contributed by atoms with E-state index in [1.807, 2.05) is 13.8 Å². The number of nitrogens with zero attached hydrogens (tertiary/aromatic N) is 2. The summed E-state index contributed by atoms with van der Waals surface area (Å²) in [6, 6.07) is 0. The second kappa shape index (κ2) is 13.9. The molecule has 0 aromatic carbocycles. The highest BCUT2D eigenvalue weighted by molar-refractivity contribution is 5.48. The molecular weight excluding hydrogens is 286 g/mol. The summed E-state index contributed by atoms with van der Waals surface area (Å²) in [6.07, 6.45) is 6.86. The number of carbonyl (C=O) groups is 1. The highest BCUT2D eigenvalue weighted by Gasteiger charge is 2.26. The Balaban J connectivity index is 0.000000381. The molecule has 4 nitrogen and oxygen atoms in total. The summed E-state index contributed by atoms with van der Waals surface area (Å²) in [5.74, 6) is 0. The Hall–Kier alpha value is -0.450. The zero-order valence-corrected chi connectivity index (χ0v) is 16.4. The SMILES string of the molecule is CC.CCC1(C)CCN(C)CC1.O=CCCCN1CCNCC1. The standard InChI is InChI=1S/C9H19N.C8H16N2O.C2H6/c1-4-9(2)5-7-10(3)8-6-9;11-8-2-1-5-10-6-3-9-4-7-10;1-2/h4-8H2,1-3H3;8-9H,1-7H2;1-2H3. The number of carbonyl (C=O) groups excluding carboxylic acids is 1. The van der Waals surface area contributed by atoms with E-state index >= 15 is 0 Å². The highest BCUT2D eigenvalue weighted by atomic mass is 16.1. The van der Waals surface area contributed by atoms with Crippen LogP contribution in [0.15, 0.2) is 0 Å². The lowest BCUT2D eigenvalue weighted by Gasteiger charge is -2.37. The van der Waals surface area contributed by atoms with Gasteiger partial charge in [0.15, 0.2) is 0 Å². The first-order valence-electron chi connectivity index (χ1n) is 9.65. The maximum Gasteiger partial charge on any atom is 0.120 e. The Morgan fingerprint density at radius 3 is 2.13 bits per heavy atom. The van der Waals surface area contributed by atoms with Crippen molar-refractivity contribution in [3.8, 4) is 0 Å². The summed E-state index contributed by atoms with van der Waals surface area (Å²) >= 11 is 0. The van der Waals surface area contributed by atoms with Crippen LogP contribution in [0.4, 0.5) is 0 Å². The van der Waals surface area contributed by atoms with E-state index in [9.17, 15) is 4.79 Å². The van der Waals surface area contributed by atoms with Gasteiger partial charge in [0.05, 0.1) is 0 Å². The van der Waals surface area contributed by atoms with Gasteiger partial charge in [-0.15, -0.1) is 0 Å². The lowest BCUT2D eigenvalue weighted by atomic mass is 9.78. The minimum Gasteiger partial charge on any atom is -0.314 e. The van der Waals surface area contributed by atoms with E-state index in [1.165, 1.54) is 32.4 Å². The Bertz CT molecular complexity index is 270. The van der Waals surface area contributed by atoms with Gasteiger partial charge in [0.25, 0.3) is 0 Å². The maximum absolute atomic E-state index is 10.0. The Morgan fingerprint density at radius 1 is 1.09 bits per heavy atom. The molecule has 0 atom stereocenters. The van der Waals surface area contributed by atoms with Gasteiger partial charge in [0.2, 0.25) is 0 Å². The van der Waals surface area contributed by atoms with Crippen LogP contribution in [-0.2, 0) is 4.79 Å². The average Bonchev–Trinajstić information content (AvgIpc) is 2.61. The molecule has 0 unspecified atom stereocenters. The molecule has 23 heavy (non-hydrogen) atoms. The number of rotatable bonds is 5. The third-order valence-electron chi connectivity index (χ3n) is 5.05. The second-order valence-corrected chi connectivity index (χ2v) is 6.87. The van der Waals surface area contributed by atoms with Crippen LogP contribution in [0.1, 0.15) is 59.8 Å². The van der Waals surface area contributed by atoms with Crippen molar-refractivity contribution in [1.29, 1.82) is 0 Å². The third kappa shape index (κ3) is 10.9. The number of likely N-dealkylation sites (tertiary alicyclic amines) is 1. The topological polar surface area (TPSA) is 35.6 Å². The molecule has 4 heteroatoms. The fraction of sp³-hybridized carbons (Fsp3) is 0.947. The first kappa shape index (κ1) is 22.6. The molecule has 2 heterocycles. The minimum absolute atomic E-state index is 0.659. The van der Waals surface area contributed by atoms with Crippen LogP contribution in [0.3, 0.4) is 0 Å². The normalized spacial score (nSPS) is 21.4. The summed E-state index contributed by atoms with van der Waals surface area (Å²) in [7, 11) is 2.22. The quantitative estimate of drug-likeness (QED) is 0.622. The van der Waals surface area contributed by atoms with Crippen LogP contribution < -0.4 is 5.32 Å². The summed E-state index contributed by atoms with van der Waals surface area (Å²) < 4.78 is 0. The third-order valence-corrected chi connectivity index (χ3v) is 5.05. The van der Waals surface area contributed by atoms with E-state index in [0.717, 1.165) is 45.4 Å². The fourth-order valence-corrected chi connectivity index (χ4v) is 2.84. The van der Waals surface area contributed by atoms with E-state index in [0.29, 0.717) is 11.8 Å². The van der Waals surface area contributed by atoms with E-state index in [2.05, 4.69) is 36.0 Å². The molecule has 0 bridgehead atoms. The molecule has 2 saturated heterocycles. The maximum atomic E-state index is 10.0. The van der Waals surface area contributed by atoms with Crippen LogP contribution in [0.5, 0.6) is 0 Å². The van der Waals surface area contributed by atoms with Crippen LogP contribution in [0.2, 0.25) is 0 Å². The monoisotopic (exact) mass is 327 g/mol. The molecule has 2 fully saturated rings. The summed E-state index contributed by atoms with van der Waals surface area (Å²) in [5.41, 5.74) is 0.659. The molecule has 0 amide bonds. The van der Waals surface area contributed by atoms with Crippen molar-refractivity contribution >= 4 is 6.29 Å². The van der Waals surface area contributed by atoms with Crippen molar-refractivity contribution in [2.75, 3.05) is 52.9 Å². The molecule has 0 aromatic heterocycles. The number of nitrogens with one attached hydrogen (secondary N) is 1. The number of hydrogen-bond donors (Lipinski definition) is 1. The zero-order valence-electron chi connectivity index (χ0n) is 16.4. The van der Waals surface area contributed by atoms with Crippen molar-refractivity contribution in [3.05, 3.63) is 0 Å². The fourth-order valence-electron chi connectivity index (χ4n) is 2.84. The van der Waals surface area contributed by atoms with E-state index < -0.39 is 0 Å². The predicted molar refractivity (Wildman–Crippen MR) is 101 cm³/mol. The molecule has 2 rings (SSSR count). The zero-order chi connectivity index (χ0) is 17.6. The lowest BCUT2D eigenvalue weighted by molar-refractivity contribution is -0.108. The number of piperazine rings is 1. The van der Waals surface area contributed by atoms with Gasteiger partial charge in [-0.3, -0.25) is 0 Å². The molecular formula is C19H41N3O. The first-order chi connectivity index (χ1) is 11.1. The van der Waals surface area contributed by atoms with Crippen LogP contribution in [-0.4, -0.2) is 68.9 Å². The van der Waals surface area contributed by atoms with Gasteiger partial charge in [-0.25, -0.2) is 0 Å². The molecule has 2 aliphatic heterocycles. The van der Waals surface area contributed by atoms with Gasteiger partial charge in [0.1, 0.15) is 6.29 Å². The van der Waals surface area contributed by atoms with Gasteiger partial charge in [0, 0.05) is 32.6 Å². The van der Waals surface area contributed by atoms with Crippen molar-refractivity contribution < 1.29 is 4.79 Å². The Morgan fingerprint density at radius 2 is 1.65 bits per heavy atom. The van der Waals surface area contributed by atoms with Crippen molar-refractivity contribution in [2.24, 2.45) is 5.41 Å². The highest BCUT2D eigenvalue weighted by Crippen LogP contribution is 2.33. The van der Waals surface area contributed by atoms with Crippen molar-refractivity contribution in [1.82, 2.24) is 15.1 Å². The van der Waals surface area contributed by atoms with Gasteiger partial charge in [-0.05, 0) is 51.4 Å². The number of unbranched alkanes of at least 4 members (excludes halogenated alkanes) is 1. The molecule has 1 N–H and O–H groups in total. The number of piperidine rings is 1. The van der Waals surface area contributed by atoms with Gasteiger partial charge >= 0.3 is 0 Å².